The molecule has 0 bridgehead atoms. The van der Waals surface area contributed by atoms with Crippen LogP contribution >= 0.6 is 0 Å². The Morgan fingerprint density at radius 3 is 2.42 bits per heavy atom. The van der Waals surface area contributed by atoms with Gasteiger partial charge in [0.05, 0.1) is 8.07 Å². The van der Waals surface area contributed by atoms with Crippen LogP contribution in [0, 0.1) is 6.08 Å². The van der Waals surface area contributed by atoms with E-state index in [4.69, 9.17) is 5.11 Å². The van der Waals surface area contributed by atoms with Gasteiger partial charge in [0.2, 0.25) is 0 Å². The van der Waals surface area contributed by atoms with Crippen LogP contribution in [0.25, 0.3) is 0 Å². The first-order chi connectivity index (χ1) is 7.65. The van der Waals surface area contributed by atoms with Gasteiger partial charge in [-0.1, -0.05) is 38.1 Å². The summed E-state index contributed by atoms with van der Waals surface area (Å²) in [6.07, 6.45) is 14.3. The Morgan fingerprint density at radius 1 is 1.21 bits per heavy atom. The maximum Gasteiger partial charge on any atom is 3.00 e. The van der Waals surface area contributed by atoms with Crippen molar-refractivity contribution in [2.75, 3.05) is 6.61 Å². The van der Waals surface area contributed by atoms with E-state index in [9.17, 15) is 0 Å². The summed E-state index contributed by atoms with van der Waals surface area (Å²) in [5, 5.41) is 10.7. The van der Waals surface area contributed by atoms with Crippen LogP contribution in [-0.4, -0.2) is 19.8 Å². The van der Waals surface area contributed by atoms with E-state index in [-0.39, 0.29) is 51.0 Å². The van der Waals surface area contributed by atoms with Crippen molar-refractivity contribution in [3.63, 3.8) is 0 Å². The number of aliphatic hydroxyl groups is 1. The summed E-state index contributed by atoms with van der Waals surface area (Å²) in [5.74, 6) is 0. The predicted molar refractivity (Wildman–Crippen MR) is 70.7 cm³/mol. The van der Waals surface area contributed by atoms with Gasteiger partial charge in [-0.15, -0.1) is 16.8 Å². The molecule has 0 spiro atoms. The minimum atomic E-state index is -1.45. The summed E-state index contributed by atoms with van der Waals surface area (Å²) >= 11 is 0. The van der Waals surface area contributed by atoms with Crippen LogP contribution < -0.4 is 24.8 Å². The number of rotatable bonds is 4. The van der Waals surface area contributed by atoms with Crippen LogP contribution in [0.15, 0.2) is 40.6 Å². The molecule has 0 saturated carbocycles. The van der Waals surface area contributed by atoms with Crippen molar-refractivity contribution in [3.8, 4) is 0 Å². The van der Waals surface area contributed by atoms with Gasteiger partial charge < -0.3 is 29.9 Å². The molecule has 2 aliphatic rings. The van der Waals surface area contributed by atoms with Crippen molar-refractivity contribution in [1.82, 2.24) is 0 Å². The number of hydrogen-bond acceptors (Lipinski definition) is 1. The second kappa shape index (κ2) is 9.52. The molecule has 0 aliphatic heterocycles. The van der Waals surface area contributed by atoms with Crippen LogP contribution in [0.5, 0.6) is 0 Å². The third-order valence-electron chi connectivity index (χ3n) is 3.42. The first-order valence-electron chi connectivity index (χ1n) is 5.94. The van der Waals surface area contributed by atoms with E-state index in [0.29, 0.717) is 6.61 Å². The third kappa shape index (κ3) is 5.13. The molecule has 0 aromatic rings. The molecule has 2 aliphatic carbocycles. The summed E-state index contributed by atoms with van der Waals surface area (Å²) in [6, 6.07) is 0.952. The summed E-state index contributed by atoms with van der Waals surface area (Å²) in [6.45, 7) is 4.99. The van der Waals surface area contributed by atoms with E-state index < -0.39 is 8.07 Å². The first-order valence-corrected chi connectivity index (χ1v) is 9.14. The van der Waals surface area contributed by atoms with Crippen LogP contribution in [0.3, 0.4) is 0 Å². The Bertz CT molecular complexity index is 412. The second-order valence-corrected chi connectivity index (χ2v) is 9.86. The minimum Gasteiger partial charge on any atom is -1.00 e. The number of hydrogen-bond donors (Lipinski definition) is 1. The van der Waals surface area contributed by atoms with Gasteiger partial charge in [0.15, 0.2) is 0 Å². The Balaban J connectivity index is 0. The van der Waals surface area contributed by atoms with Gasteiger partial charge in [-0.3, -0.25) is 0 Å². The Kier molecular flexibility index (Phi) is 11.0. The molecule has 0 amide bonds. The zero-order valence-corrected chi connectivity index (χ0v) is 16.3. The van der Waals surface area contributed by atoms with Gasteiger partial charge in [0.1, 0.15) is 0 Å². The van der Waals surface area contributed by atoms with Gasteiger partial charge >= 0.3 is 26.2 Å². The molecule has 2 rings (SSSR count). The maximum atomic E-state index is 9.17. The van der Waals surface area contributed by atoms with E-state index in [1.54, 1.807) is 0 Å². The molecule has 1 radical (unpaired) electrons. The summed E-state index contributed by atoms with van der Waals surface area (Å²) in [7, 11) is -1.45. The zero-order valence-electron chi connectivity index (χ0n) is 11.3. The predicted octanol–water partition coefficient (Wildman–Crippen LogP) is -2.82. The normalized spacial score (nSPS) is 16.7. The fourth-order valence-corrected chi connectivity index (χ4v) is 4.87. The van der Waals surface area contributed by atoms with E-state index >= 15 is 0 Å². The van der Waals surface area contributed by atoms with E-state index in [1.807, 2.05) is 0 Å². The van der Waals surface area contributed by atoms with Crippen molar-refractivity contribution in [2.45, 2.75) is 32.0 Å². The molecule has 0 saturated heterocycles. The average Bonchev–Trinajstić information content (AvgIpc) is 2.88. The maximum absolute atomic E-state index is 9.17. The van der Waals surface area contributed by atoms with Gasteiger partial charge in [-0.05, 0) is 6.04 Å². The van der Waals surface area contributed by atoms with E-state index in [0.717, 1.165) is 18.9 Å². The first kappa shape index (κ1) is 21.9. The Hall–Kier alpha value is 0.600. The molecule has 0 atom stereocenters. The standard InChI is InChI=1S/C14H19OSi.2ClH.Zr/c1-16(2,11-10-15)14-9-5-8-13(14)12-6-3-4-7-12;;;/h3,5-6,9,15H,4,8,10-11H2,1-2H3;2*1H;/q-1;;;+3/p-2. The molecule has 103 valence electrons. The molecule has 1 N–H and O–H groups in total. The van der Waals surface area contributed by atoms with E-state index in [1.165, 1.54) is 16.3 Å². The molecule has 0 unspecified atom stereocenters. The quantitative estimate of drug-likeness (QED) is 0.404. The van der Waals surface area contributed by atoms with Crippen molar-refractivity contribution >= 4 is 8.07 Å². The molecule has 0 heterocycles. The molecule has 5 heteroatoms. The van der Waals surface area contributed by atoms with Gasteiger partial charge in [-0.2, -0.15) is 17.7 Å². The smallest absolute Gasteiger partial charge is 1.00 e. The van der Waals surface area contributed by atoms with Crippen LogP contribution in [-0.2, 0) is 26.2 Å². The second-order valence-electron chi connectivity index (χ2n) is 5.05. The summed E-state index contributed by atoms with van der Waals surface area (Å²) in [4.78, 5) is 0. The number of allylic oxidation sites excluding steroid dienone is 8. The van der Waals surface area contributed by atoms with Gasteiger partial charge in [0, 0.05) is 6.61 Å². The fraction of sp³-hybridized carbons (Fsp3) is 0.429. The largest absolute Gasteiger partial charge is 3.00 e. The van der Waals surface area contributed by atoms with Crippen molar-refractivity contribution in [1.29, 1.82) is 0 Å². The summed E-state index contributed by atoms with van der Waals surface area (Å²) < 4.78 is 0. The topological polar surface area (TPSA) is 20.2 Å². The van der Waals surface area contributed by atoms with Crippen molar-refractivity contribution < 1.29 is 56.1 Å². The fourth-order valence-electron chi connectivity index (χ4n) is 2.42. The van der Waals surface area contributed by atoms with Crippen LogP contribution in [0.4, 0.5) is 0 Å². The van der Waals surface area contributed by atoms with Crippen molar-refractivity contribution in [2.24, 2.45) is 0 Å². The third-order valence-corrected chi connectivity index (χ3v) is 6.82. The van der Waals surface area contributed by atoms with Crippen molar-refractivity contribution in [3.05, 3.63) is 46.7 Å². The van der Waals surface area contributed by atoms with Crippen LogP contribution in [0.1, 0.15) is 12.8 Å². The minimum absolute atomic E-state index is 0. The molecule has 19 heavy (non-hydrogen) atoms. The molecule has 1 nitrogen and oxygen atoms in total. The molecule has 0 aromatic heterocycles. The SMILES string of the molecule is C[Si](C)(CCO)C1=C(C2=[C-]CC=C2)CC=C1.[Cl-].[Cl-].[Zr+3]. The van der Waals surface area contributed by atoms with Gasteiger partial charge in [0.25, 0.3) is 0 Å². The molecular formula is C14H19Cl2OSiZr. The number of aliphatic hydroxyl groups excluding tert-OH is 1. The van der Waals surface area contributed by atoms with E-state index in [2.05, 4.69) is 43.5 Å². The Morgan fingerprint density at radius 2 is 1.89 bits per heavy atom. The summed E-state index contributed by atoms with van der Waals surface area (Å²) in [5.41, 5.74) is 2.75. The molecule has 0 fully saturated rings. The average molecular weight is 394 g/mol. The van der Waals surface area contributed by atoms with Gasteiger partial charge in [-0.25, -0.2) is 0 Å². The monoisotopic (exact) mass is 391 g/mol. The molecule has 0 aromatic carbocycles. The Labute approximate surface area is 148 Å². The molecular weight excluding hydrogens is 374 g/mol. The number of halogens is 2. The zero-order chi connectivity index (χ0) is 11.6. The van der Waals surface area contributed by atoms with Crippen LogP contribution in [0.2, 0.25) is 19.1 Å².